The minimum absolute atomic E-state index is 0.143. The number of nitrogens with one attached hydrogen (secondary N) is 1. The van der Waals surface area contributed by atoms with Crippen LogP contribution in [0.2, 0.25) is 0 Å². The fourth-order valence-corrected chi connectivity index (χ4v) is 2.73. The fraction of sp³-hybridized carbons (Fsp3) is 0.625. The van der Waals surface area contributed by atoms with Crippen LogP contribution in [0.25, 0.3) is 0 Å². The molecule has 116 valence electrons. The molecular weight excluding hydrogens is 266 g/mol. The van der Waals surface area contributed by atoms with E-state index in [1.807, 2.05) is 30.0 Å². The second-order valence-corrected chi connectivity index (χ2v) is 5.76. The first kappa shape index (κ1) is 15.9. The maximum atomic E-state index is 12.9. The number of nitrogens with zero attached hydrogens (tertiary/aromatic N) is 2. The van der Waals surface area contributed by atoms with Gasteiger partial charge in [-0.15, -0.1) is 0 Å². The Morgan fingerprint density at radius 2 is 2.33 bits per heavy atom. The molecule has 0 saturated carbocycles. The maximum Gasteiger partial charge on any atom is 0.243 e. The van der Waals surface area contributed by atoms with Crippen molar-refractivity contribution in [1.82, 2.24) is 15.2 Å². The monoisotopic (exact) mass is 291 g/mol. The molecule has 1 N–H and O–H groups in total. The third kappa shape index (κ3) is 4.25. The standard InChI is InChI=1S/C16H25N3O2/c1-16(8-4-6-10-18-16)15(20)19(11-12-21-2)13-14-7-3-5-9-17-14/h3,5,7,9,18H,4,6,8,10-13H2,1-2H3. The Labute approximate surface area is 126 Å². The Bertz CT molecular complexity index is 444. The summed E-state index contributed by atoms with van der Waals surface area (Å²) in [6, 6.07) is 5.78. The fourth-order valence-electron chi connectivity index (χ4n) is 2.73. The number of methoxy groups -OCH3 is 1. The molecule has 2 heterocycles. The lowest BCUT2D eigenvalue weighted by molar-refractivity contribution is -0.140. The van der Waals surface area contributed by atoms with Crippen molar-refractivity contribution in [3.05, 3.63) is 30.1 Å². The predicted octanol–water partition coefficient (Wildman–Crippen LogP) is 1.59. The largest absolute Gasteiger partial charge is 0.383 e. The Morgan fingerprint density at radius 1 is 1.48 bits per heavy atom. The highest BCUT2D eigenvalue weighted by Crippen LogP contribution is 2.22. The van der Waals surface area contributed by atoms with Crippen LogP contribution in [0.1, 0.15) is 31.9 Å². The van der Waals surface area contributed by atoms with Gasteiger partial charge in [-0.2, -0.15) is 0 Å². The number of carbonyl (C=O) groups is 1. The average molecular weight is 291 g/mol. The number of aromatic nitrogens is 1. The van der Waals surface area contributed by atoms with Gasteiger partial charge in [0.15, 0.2) is 0 Å². The SMILES string of the molecule is COCCN(Cc1ccccn1)C(=O)C1(C)CCCCN1. The molecule has 0 aliphatic carbocycles. The van der Waals surface area contributed by atoms with Gasteiger partial charge < -0.3 is 15.0 Å². The molecule has 0 spiro atoms. The van der Waals surface area contributed by atoms with Crippen LogP contribution in [0.15, 0.2) is 24.4 Å². The van der Waals surface area contributed by atoms with E-state index >= 15 is 0 Å². The number of piperidine rings is 1. The third-order valence-corrected chi connectivity index (χ3v) is 4.02. The minimum atomic E-state index is -0.458. The number of ether oxygens (including phenoxy) is 1. The van der Waals surface area contributed by atoms with Gasteiger partial charge in [0, 0.05) is 19.9 Å². The average Bonchev–Trinajstić information content (AvgIpc) is 2.52. The second-order valence-electron chi connectivity index (χ2n) is 5.76. The number of hydrogen-bond acceptors (Lipinski definition) is 4. The molecule has 21 heavy (non-hydrogen) atoms. The zero-order chi connectivity index (χ0) is 15.1. The molecule has 0 radical (unpaired) electrons. The molecule has 1 atom stereocenters. The van der Waals surface area contributed by atoms with E-state index in [1.54, 1.807) is 13.3 Å². The van der Waals surface area contributed by atoms with Gasteiger partial charge in [-0.1, -0.05) is 6.07 Å². The van der Waals surface area contributed by atoms with Crippen LogP contribution in [0.3, 0.4) is 0 Å². The highest BCUT2D eigenvalue weighted by molar-refractivity contribution is 5.86. The molecule has 5 heteroatoms. The first-order chi connectivity index (χ1) is 10.2. The Balaban J connectivity index is 2.09. The van der Waals surface area contributed by atoms with Crippen LogP contribution in [0, 0.1) is 0 Å². The second kappa shape index (κ2) is 7.52. The van der Waals surface area contributed by atoms with Crippen molar-refractivity contribution in [1.29, 1.82) is 0 Å². The van der Waals surface area contributed by atoms with Gasteiger partial charge in [-0.3, -0.25) is 9.78 Å². The van der Waals surface area contributed by atoms with E-state index in [0.717, 1.165) is 31.5 Å². The lowest BCUT2D eigenvalue weighted by atomic mass is 9.89. The van der Waals surface area contributed by atoms with E-state index in [0.29, 0.717) is 19.7 Å². The number of hydrogen-bond donors (Lipinski definition) is 1. The van der Waals surface area contributed by atoms with Gasteiger partial charge >= 0.3 is 0 Å². The molecule has 1 saturated heterocycles. The van der Waals surface area contributed by atoms with Gasteiger partial charge in [0.05, 0.1) is 24.4 Å². The van der Waals surface area contributed by atoms with E-state index in [-0.39, 0.29) is 5.91 Å². The third-order valence-electron chi connectivity index (χ3n) is 4.02. The predicted molar refractivity (Wildman–Crippen MR) is 81.8 cm³/mol. The molecule has 1 aliphatic rings. The van der Waals surface area contributed by atoms with E-state index in [1.165, 1.54) is 0 Å². The maximum absolute atomic E-state index is 12.9. The molecule has 0 bridgehead atoms. The van der Waals surface area contributed by atoms with Crippen LogP contribution >= 0.6 is 0 Å². The van der Waals surface area contributed by atoms with Gasteiger partial charge in [0.2, 0.25) is 5.91 Å². The van der Waals surface area contributed by atoms with Crippen LogP contribution in [-0.4, -0.2) is 48.1 Å². The van der Waals surface area contributed by atoms with Crippen LogP contribution < -0.4 is 5.32 Å². The zero-order valence-corrected chi connectivity index (χ0v) is 13.0. The number of amides is 1. The summed E-state index contributed by atoms with van der Waals surface area (Å²) in [7, 11) is 1.66. The van der Waals surface area contributed by atoms with E-state index in [2.05, 4.69) is 10.3 Å². The summed E-state index contributed by atoms with van der Waals surface area (Å²) in [6.07, 6.45) is 4.88. The highest BCUT2D eigenvalue weighted by atomic mass is 16.5. The topological polar surface area (TPSA) is 54.5 Å². The summed E-state index contributed by atoms with van der Waals surface area (Å²) in [6.45, 7) is 4.56. The molecule has 5 nitrogen and oxygen atoms in total. The summed E-state index contributed by atoms with van der Waals surface area (Å²) < 4.78 is 5.15. The van der Waals surface area contributed by atoms with Gasteiger partial charge in [0.1, 0.15) is 0 Å². The molecule has 1 amide bonds. The number of pyridine rings is 1. The van der Waals surface area contributed by atoms with Gasteiger partial charge in [-0.05, 0) is 44.9 Å². The quantitative estimate of drug-likeness (QED) is 0.865. The van der Waals surface area contributed by atoms with Crippen molar-refractivity contribution in [2.45, 2.75) is 38.3 Å². The summed E-state index contributed by atoms with van der Waals surface area (Å²) in [5.41, 5.74) is 0.446. The van der Waals surface area contributed by atoms with Crippen molar-refractivity contribution >= 4 is 5.91 Å². The van der Waals surface area contributed by atoms with Gasteiger partial charge in [0.25, 0.3) is 0 Å². The van der Waals surface area contributed by atoms with Crippen molar-refractivity contribution < 1.29 is 9.53 Å². The number of rotatable bonds is 6. The lowest BCUT2D eigenvalue weighted by Crippen LogP contribution is -2.58. The minimum Gasteiger partial charge on any atom is -0.383 e. The molecule has 1 aromatic heterocycles. The zero-order valence-electron chi connectivity index (χ0n) is 13.0. The van der Waals surface area contributed by atoms with Crippen molar-refractivity contribution in [3.63, 3.8) is 0 Å². The van der Waals surface area contributed by atoms with Gasteiger partial charge in [-0.25, -0.2) is 0 Å². The smallest absolute Gasteiger partial charge is 0.243 e. The lowest BCUT2D eigenvalue weighted by Gasteiger charge is -2.38. The summed E-state index contributed by atoms with van der Waals surface area (Å²) >= 11 is 0. The first-order valence-corrected chi connectivity index (χ1v) is 7.59. The molecule has 1 unspecified atom stereocenters. The molecule has 0 aromatic carbocycles. The van der Waals surface area contributed by atoms with E-state index < -0.39 is 5.54 Å². The summed E-state index contributed by atoms with van der Waals surface area (Å²) in [5, 5.41) is 3.39. The summed E-state index contributed by atoms with van der Waals surface area (Å²) in [5.74, 6) is 0.143. The molecule has 1 aromatic rings. The first-order valence-electron chi connectivity index (χ1n) is 7.59. The molecular formula is C16H25N3O2. The summed E-state index contributed by atoms with van der Waals surface area (Å²) in [4.78, 5) is 19.1. The van der Waals surface area contributed by atoms with E-state index in [9.17, 15) is 4.79 Å². The van der Waals surface area contributed by atoms with Crippen LogP contribution in [0.4, 0.5) is 0 Å². The van der Waals surface area contributed by atoms with Crippen LogP contribution in [-0.2, 0) is 16.1 Å². The molecule has 1 aliphatic heterocycles. The van der Waals surface area contributed by atoms with E-state index in [4.69, 9.17) is 4.74 Å². The Morgan fingerprint density at radius 3 is 2.95 bits per heavy atom. The van der Waals surface area contributed by atoms with Crippen molar-refractivity contribution in [3.8, 4) is 0 Å². The molecule has 1 fully saturated rings. The molecule has 2 rings (SSSR count). The Hall–Kier alpha value is -1.46. The van der Waals surface area contributed by atoms with Crippen LogP contribution in [0.5, 0.6) is 0 Å². The highest BCUT2D eigenvalue weighted by Gasteiger charge is 2.37. The van der Waals surface area contributed by atoms with Crippen molar-refractivity contribution in [2.24, 2.45) is 0 Å². The van der Waals surface area contributed by atoms with Crippen molar-refractivity contribution in [2.75, 3.05) is 26.8 Å². The number of carbonyl (C=O) groups excluding carboxylic acids is 1. The Kier molecular flexibility index (Phi) is 5.70. The normalized spacial score (nSPS) is 22.0.